The van der Waals surface area contributed by atoms with Gasteiger partial charge in [-0.15, -0.1) is 0 Å². The Balaban J connectivity index is 1.80. The SMILES string of the molecule is C1COC(C2C[N]CCO2)OC1. The molecule has 0 amide bonds. The van der Waals surface area contributed by atoms with Crippen molar-refractivity contribution in [2.45, 2.75) is 18.8 Å². The molecule has 0 N–H and O–H groups in total. The zero-order chi connectivity index (χ0) is 8.23. The third kappa shape index (κ3) is 1.95. The summed E-state index contributed by atoms with van der Waals surface area (Å²) in [5.74, 6) is 0. The van der Waals surface area contributed by atoms with Crippen molar-refractivity contribution in [1.29, 1.82) is 0 Å². The molecule has 2 heterocycles. The van der Waals surface area contributed by atoms with Crippen molar-refractivity contribution in [1.82, 2.24) is 5.32 Å². The van der Waals surface area contributed by atoms with E-state index >= 15 is 0 Å². The number of ether oxygens (including phenoxy) is 3. The Hall–Kier alpha value is -0.160. The topological polar surface area (TPSA) is 41.8 Å². The Morgan fingerprint density at radius 2 is 1.83 bits per heavy atom. The van der Waals surface area contributed by atoms with E-state index < -0.39 is 0 Å². The van der Waals surface area contributed by atoms with Crippen LogP contribution in [0.4, 0.5) is 0 Å². The Morgan fingerprint density at radius 1 is 1.00 bits per heavy atom. The van der Waals surface area contributed by atoms with Gasteiger partial charge in [-0.3, -0.25) is 0 Å². The first-order chi connectivity index (χ1) is 5.97. The summed E-state index contributed by atoms with van der Waals surface area (Å²) in [6, 6.07) is 0. The molecule has 2 aliphatic rings. The van der Waals surface area contributed by atoms with Gasteiger partial charge in [0.1, 0.15) is 6.10 Å². The van der Waals surface area contributed by atoms with Gasteiger partial charge in [-0.1, -0.05) is 0 Å². The van der Waals surface area contributed by atoms with E-state index in [-0.39, 0.29) is 12.4 Å². The summed E-state index contributed by atoms with van der Waals surface area (Å²) in [7, 11) is 0. The maximum Gasteiger partial charge on any atom is 0.184 e. The van der Waals surface area contributed by atoms with Crippen molar-refractivity contribution < 1.29 is 14.2 Å². The zero-order valence-electron chi connectivity index (χ0n) is 7.07. The highest BCUT2D eigenvalue weighted by Gasteiger charge is 2.27. The van der Waals surface area contributed by atoms with Crippen molar-refractivity contribution in [2.75, 3.05) is 32.9 Å². The van der Waals surface area contributed by atoms with Crippen molar-refractivity contribution in [3.05, 3.63) is 0 Å². The van der Waals surface area contributed by atoms with E-state index in [1.54, 1.807) is 0 Å². The van der Waals surface area contributed by atoms with Gasteiger partial charge in [0.25, 0.3) is 0 Å². The molecule has 4 heteroatoms. The molecule has 12 heavy (non-hydrogen) atoms. The van der Waals surface area contributed by atoms with Gasteiger partial charge in [0.2, 0.25) is 0 Å². The van der Waals surface area contributed by atoms with Crippen molar-refractivity contribution >= 4 is 0 Å². The van der Waals surface area contributed by atoms with Crippen LogP contribution in [0.15, 0.2) is 0 Å². The van der Waals surface area contributed by atoms with Gasteiger partial charge in [0.15, 0.2) is 6.29 Å². The maximum atomic E-state index is 5.47. The molecule has 0 aromatic rings. The largest absolute Gasteiger partial charge is 0.370 e. The summed E-state index contributed by atoms with van der Waals surface area (Å²) in [6.45, 7) is 3.79. The van der Waals surface area contributed by atoms with Crippen molar-refractivity contribution in [3.63, 3.8) is 0 Å². The Kier molecular flexibility index (Phi) is 2.94. The molecular weight excluding hydrogens is 158 g/mol. The lowest BCUT2D eigenvalue weighted by Gasteiger charge is -2.32. The molecule has 2 rings (SSSR count). The quantitative estimate of drug-likeness (QED) is 0.548. The van der Waals surface area contributed by atoms with Gasteiger partial charge in [-0.05, 0) is 6.42 Å². The van der Waals surface area contributed by atoms with Gasteiger partial charge < -0.3 is 14.2 Å². The fourth-order valence-electron chi connectivity index (χ4n) is 1.43. The monoisotopic (exact) mass is 172 g/mol. The molecule has 4 nitrogen and oxygen atoms in total. The molecule has 1 unspecified atom stereocenters. The molecule has 1 atom stereocenters. The van der Waals surface area contributed by atoms with Crippen LogP contribution in [0, 0.1) is 0 Å². The molecule has 0 spiro atoms. The summed E-state index contributed by atoms with van der Waals surface area (Å²) in [5, 5.41) is 4.25. The highest BCUT2D eigenvalue weighted by molar-refractivity contribution is 4.71. The number of hydrogen-bond donors (Lipinski definition) is 0. The van der Waals surface area contributed by atoms with Crippen LogP contribution >= 0.6 is 0 Å². The van der Waals surface area contributed by atoms with Crippen LogP contribution in [0.2, 0.25) is 0 Å². The molecule has 0 aliphatic carbocycles. The summed E-state index contributed by atoms with van der Waals surface area (Å²) < 4.78 is 16.3. The van der Waals surface area contributed by atoms with Crippen molar-refractivity contribution in [3.8, 4) is 0 Å². The van der Waals surface area contributed by atoms with E-state index in [1.165, 1.54) is 0 Å². The summed E-state index contributed by atoms with van der Waals surface area (Å²) in [4.78, 5) is 0. The number of rotatable bonds is 1. The third-order valence-electron chi connectivity index (χ3n) is 2.05. The second kappa shape index (κ2) is 4.18. The molecule has 1 radical (unpaired) electrons. The Labute approximate surface area is 72.2 Å². The average Bonchev–Trinajstić information content (AvgIpc) is 2.21. The molecule has 2 aliphatic heterocycles. The standard InChI is InChI=1S/C8H14NO3/c1-3-11-8(12-4-1)7-6-9-2-5-10-7/h7-8H,1-6H2. The Bertz CT molecular complexity index is 114. The van der Waals surface area contributed by atoms with Crippen LogP contribution < -0.4 is 5.32 Å². The van der Waals surface area contributed by atoms with E-state index in [9.17, 15) is 0 Å². The smallest absolute Gasteiger partial charge is 0.184 e. The molecule has 0 aromatic carbocycles. The normalized spacial score (nSPS) is 33.5. The minimum atomic E-state index is -0.178. The molecule has 0 aromatic heterocycles. The van der Waals surface area contributed by atoms with Gasteiger partial charge >= 0.3 is 0 Å². The number of hydrogen-bond acceptors (Lipinski definition) is 3. The second-order valence-corrected chi connectivity index (χ2v) is 3.00. The van der Waals surface area contributed by atoms with Crippen LogP contribution in [-0.2, 0) is 14.2 Å². The lowest BCUT2D eigenvalue weighted by molar-refractivity contribution is -0.236. The predicted molar refractivity (Wildman–Crippen MR) is 41.9 cm³/mol. The van der Waals surface area contributed by atoms with Gasteiger partial charge in [0, 0.05) is 13.1 Å². The first-order valence-corrected chi connectivity index (χ1v) is 4.45. The van der Waals surface area contributed by atoms with Crippen LogP contribution in [0.5, 0.6) is 0 Å². The lowest BCUT2D eigenvalue weighted by atomic mass is 10.3. The van der Waals surface area contributed by atoms with Crippen LogP contribution in [0.3, 0.4) is 0 Å². The lowest BCUT2D eigenvalue weighted by Crippen LogP contribution is -2.46. The maximum absolute atomic E-state index is 5.47. The molecule has 69 valence electrons. The highest BCUT2D eigenvalue weighted by Crippen LogP contribution is 2.13. The summed E-state index contributed by atoms with van der Waals surface area (Å²) in [5.41, 5.74) is 0. The van der Waals surface area contributed by atoms with E-state index in [2.05, 4.69) is 5.32 Å². The van der Waals surface area contributed by atoms with Gasteiger partial charge in [-0.2, -0.15) is 0 Å². The fraction of sp³-hybridized carbons (Fsp3) is 1.00. The van der Waals surface area contributed by atoms with E-state index in [1.807, 2.05) is 0 Å². The summed E-state index contributed by atoms with van der Waals surface area (Å²) in [6.07, 6.45) is 0.835. The second-order valence-electron chi connectivity index (χ2n) is 3.00. The first kappa shape index (κ1) is 8.44. The molecule has 2 fully saturated rings. The number of morpholine rings is 1. The zero-order valence-corrected chi connectivity index (χ0v) is 7.07. The minimum Gasteiger partial charge on any atom is -0.370 e. The number of nitrogens with zero attached hydrogens (tertiary/aromatic N) is 1. The third-order valence-corrected chi connectivity index (χ3v) is 2.05. The van der Waals surface area contributed by atoms with E-state index in [0.29, 0.717) is 13.2 Å². The van der Waals surface area contributed by atoms with Crippen LogP contribution in [0.25, 0.3) is 0 Å². The fourth-order valence-corrected chi connectivity index (χ4v) is 1.43. The van der Waals surface area contributed by atoms with E-state index in [4.69, 9.17) is 14.2 Å². The molecule has 2 saturated heterocycles. The van der Waals surface area contributed by atoms with Gasteiger partial charge in [-0.25, -0.2) is 5.32 Å². The van der Waals surface area contributed by atoms with Crippen LogP contribution in [-0.4, -0.2) is 45.3 Å². The Morgan fingerprint density at radius 3 is 2.50 bits per heavy atom. The average molecular weight is 172 g/mol. The summed E-state index contributed by atoms with van der Waals surface area (Å²) >= 11 is 0. The molecule has 0 saturated carbocycles. The van der Waals surface area contributed by atoms with Gasteiger partial charge in [0.05, 0.1) is 19.8 Å². The van der Waals surface area contributed by atoms with Crippen LogP contribution in [0.1, 0.15) is 6.42 Å². The molecular formula is C8H14NO3. The molecule has 0 bridgehead atoms. The van der Waals surface area contributed by atoms with Crippen molar-refractivity contribution in [2.24, 2.45) is 0 Å². The highest BCUT2D eigenvalue weighted by atomic mass is 16.7. The minimum absolute atomic E-state index is 0.0269. The van der Waals surface area contributed by atoms with E-state index in [0.717, 1.165) is 26.2 Å². The first-order valence-electron chi connectivity index (χ1n) is 4.45. The predicted octanol–water partition coefficient (Wildman–Crippen LogP) is -0.247.